The summed E-state index contributed by atoms with van der Waals surface area (Å²) in [6.07, 6.45) is 0.867. The molecule has 1 amide bonds. The number of thiazole rings is 1. The number of halogens is 1. The number of benzene rings is 2. The summed E-state index contributed by atoms with van der Waals surface area (Å²) in [4.78, 5) is 30.3. The lowest BCUT2D eigenvalue weighted by molar-refractivity contribution is -0.384. The van der Waals surface area contributed by atoms with Gasteiger partial charge in [-0.3, -0.25) is 19.8 Å². The van der Waals surface area contributed by atoms with E-state index >= 15 is 0 Å². The summed E-state index contributed by atoms with van der Waals surface area (Å²) in [6, 6.07) is 13.0. The van der Waals surface area contributed by atoms with Crippen LogP contribution in [0.2, 0.25) is 5.02 Å². The number of anilines is 1. The normalized spacial score (nSPS) is 12.0. The lowest BCUT2D eigenvalue weighted by atomic mass is 10.0. The average molecular weight is 445 g/mol. The molecular weight excluding hydrogens is 424 g/mol. The minimum absolute atomic E-state index is 0.0185. The van der Waals surface area contributed by atoms with Crippen molar-refractivity contribution < 1.29 is 9.72 Å². The third-order valence-corrected chi connectivity index (χ3v) is 5.89. The molecule has 3 rings (SSSR count). The number of nitrogens with one attached hydrogen (secondary N) is 1. The molecule has 1 N–H and O–H groups in total. The summed E-state index contributed by atoms with van der Waals surface area (Å²) in [5.74, 6) is -0.300. The van der Waals surface area contributed by atoms with Gasteiger partial charge in [-0.25, -0.2) is 4.98 Å². The zero-order chi connectivity index (χ0) is 21.7. The number of aromatic nitrogens is 1. The number of nitrogens with zero attached hydrogens (tertiary/aromatic N) is 3. The molecule has 0 radical (unpaired) electrons. The Balaban J connectivity index is 1.85. The topological polar surface area (TPSA) is 88.4 Å². The van der Waals surface area contributed by atoms with Gasteiger partial charge in [-0.05, 0) is 31.2 Å². The van der Waals surface area contributed by atoms with E-state index in [0.717, 1.165) is 22.7 Å². The molecule has 1 aromatic heterocycles. The molecule has 1 heterocycles. The summed E-state index contributed by atoms with van der Waals surface area (Å²) < 4.78 is 0. The number of amides is 1. The Labute approximate surface area is 183 Å². The van der Waals surface area contributed by atoms with Gasteiger partial charge in [0.1, 0.15) is 11.1 Å². The van der Waals surface area contributed by atoms with Crippen molar-refractivity contribution in [1.29, 1.82) is 0 Å². The fraction of sp³-hybridized carbons (Fsp3) is 0.238. The first kappa shape index (κ1) is 21.9. The molecule has 0 saturated carbocycles. The molecule has 0 fully saturated rings. The number of likely N-dealkylation sites (N-methyl/N-ethyl adjacent to an activating group) is 1. The fourth-order valence-corrected chi connectivity index (χ4v) is 4.04. The van der Waals surface area contributed by atoms with Crippen molar-refractivity contribution in [3.8, 4) is 0 Å². The number of hydrogen-bond donors (Lipinski definition) is 1. The van der Waals surface area contributed by atoms with Crippen LogP contribution in [-0.2, 0) is 17.8 Å². The minimum atomic E-state index is -0.604. The molecular formula is C21H21ClN4O3S. The van der Waals surface area contributed by atoms with Gasteiger partial charge < -0.3 is 5.32 Å². The van der Waals surface area contributed by atoms with Gasteiger partial charge in [-0.15, -0.1) is 11.3 Å². The number of nitro groups is 1. The number of carbonyl (C=O) groups is 1. The van der Waals surface area contributed by atoms with Crippen LogP contribution in [0.3, 0.4) is 0 Å². The van der Waals surface area contributed by atoms with Gasteiger partial charge in [0.2, 0.25) is 5.91 Å². The first-order valence-electron chi connectivity index (χ1n) is 9.32. The molecule has 3 aromatic rings. The third kappa shape index (κ3) is 5.21. The molecule has 156 valence electrons. The minimum Gasteiger partial charge on any atom is -0.324 e. The van der Waals surface area contributed by atoms with E-state index in [-0.39, 0.29) is 16.6 Å². The zero-order valence-corrected chi connectivity index (χ0v) is 18.1. The van der Waals surface area contributed by atoms with Crippen LogP contribution in [0.5, 0.6) is 0 Å². The van der Waals surface area contributed by atoms with Crippen LogP contribution in [0.15, 0.2) is 53.9 Å². The van der Waals surface area contributed by atoms with Crippen molar-refractivity contribution in [1.82, 2.24) is 9.88 Å². The highest BCUT2D eigenvalue weighted by Crippen LogP contribution is 2.29. The van der Waals surface area contributed by atoms with E-state index in [2.05, 4.69) is 17.2 Å². The van der Waals surface area contributed by atoms with Crippen molar-refractivity contribution in [3.05, 3.63) is 85.3 Å². The molecule has 0 aliphatic heterocycles. The summed E-state index contributed by atoms with van der Waals surface area (Å²) in [5.41, 5.74) is 1.77. The van der Waals surface area contributed by atoms with Crippen LogP contribution >= 0.6 is 22.9 Å². The second kappa shape index (κ2) is 9.80. The first-order chi connectivity index (χ1) is 14.4. The van der Waals surface area contributed by atoms with E-state index in [0.29, 0.717) is 12.2 Å². The van der Waals surface area contributed by atoms with Crippen molar-refractivity contribution in [2.75, 3.05) is 12.4 Å². The molecule has 7 nitrogen and oxygen atoms in total. The number of rotatable bonds is 8. The largest absolute Gasteiger partial charge is 0.324 e. The van der Waals surface area contributed by atoms with Crippen LogP contribution in [0, 0.1) is 10.1 Å². The SMILES string of the molecule is CCc1nc(CN(C)C(C(=O)Nc2ccc(Cl)c([N+](=O)[O-])c2)c2ccccc2)cs1. The molecule has 0 spiro atoms. The van der Waals surface area contributed by atoms with Crippen molar-refractivity contribution in [3.63, 3.8) is 0 Å². The lowest BCUT2D eigenvalue weighted by Gasteiger charge is -2.27. The van der Waals surface area contributed by atoms with E-state index in [9.17, 15) is 14.9 Å². The second-order valence-electron chi connectivity index (χ2n) is 6.73. The Kier molecular flexibility index (Phi) is 7.15. The number of hydrogen-bond acceptors (Lipinski definition) is 6. The van der Waals surface area contributed by atoms with Gasteiger partial charge >= 0.3 is 0 Å². The predicted molar refractivity (Wildman–Crippen MR) is 119 cm³/mol. The van der Waals surface area contributed by atoms with Gasteiger partial charge in [0.25, 0.3) is 5.69 Å². The molecule has 0 bridgehead atoms. The maximum atomic E-state index is 13.2. The Bertz CT molecular complexity index is 1040. The van der Waals surface area contributed by atoms with Crippen LogP contribution in [-0.4, -0.2) is 27.8 Å². The third-order valence-electron chi connectivity index (χ3n) is 4.53. The Morgan fingerprint density at radius 1 is 1.30 bits per heavy atom. The van der Waals surface area contributed by atoms with Crippen molar-refractivity contribution >= 4 is 40.2 Å². The second-order valence-corrected chi connectivity index (χ2v) is 8.08. The number of carbonyl (C=O) groups excluding carboxylic acids is 1. The summed E-state index contributed by atoms with van der Waals surface area (Å²) in [7, 11) is 1.85. The lowest BCUT2D eigenvalue weighted by Crippen LogP contribution is -2.34. The molecule has 1 atom stereocenters. The molecule has 9 heteroatoms. The monoisotopic (exact) mass is 444 g/mol. The summed E-state index contributed by atoms with van der Waals surface area (Å²) in [5, 5.41) is 17.0. The molecule has 1 unspecified atom stereocenters. The highest BCUT2D eigenvalue weighted by Gasteiger charge is 2.26. The molecule has 0 saturated heterocycles. The average Bonchev–Trinajstić information content (AvgIpc) is 3.17. The zero-order valence-electron chi connectivity index (χ0n) is 16.5. The number of aryl methyl sites for hydroxylation is 1. The van der Waals surface area contributed by atoms with Crippen molar-refractivity contribution in [2.45, 2.75) is 25.9 Å². The van der Waals surface area contributed by atoms with Gasteiger partial charge in [0.05, 0.1) is 15.6 Å². The van der Waals surface area contributed by atoms with Crippen LogP contribution in [0.4, 0.5) is 11.4 Å². The van der Waals surface area contributed by atoms with E-state index < -0.39 is 11.0 Å². The highest BCUT2D eigenvalue weighted by molar-refractivity contribution is 7.09. The van der Waals surface area contributed by atoms with Crippen LogP contribution in [0.25, 0.3) is 0 Å². The predicted octanol–water partition coefficient (Wildman–Crippen LogP) is 5.08. The molecule has 2 aromatic carbocycles. The van der Waals surface area contributed by atoms with E-state index in [4.69, 9.17) is 11.6 Å². The van der Waals surface area contributed by atoms with Gasteiger partial charge in [-0.2, -0.15) is 0 Å². The van der Waals surface area contributed by atoms with E-state index in [1.54, 1.807) is 17.4 Å². The molecule has 30 heavy (non-hydrogen) atoms. The Hall–Kier alpha value is -2.81. The van der Waals surface area contributed by atoms with Gasteiger partial charge in [-0.1, -0.05) is 48.9 Å². The molecule has 0 aliphatic carbocycles. The molecule has 0 aliphatic rings. The maximum absolute atomic E-state index is 13.2. The maximum Gasteiger partial charge on any atom is 0.289 e. The quantitative estimate of drug-likeness (QED) is 0.386. The van der Waals surface area contributed by atoms with Crippen molar-refractivity contribution in [2.24, 2.45) is 0 Å². The van der Waals surface area contributed by atoms with Crippen LogP contribution in [0.1, 0.15) is 29.2 Å². The standard InChI is InChI=1S/C21H21ClN4O3S/c1-3-19-23-16(13-30-19)12-25(2)20(14-7-5-4-6-8-14)21(27)24-15-9-10-17(22)18(11-15)26(28)29/h4-11,13,20H,3,12H2,1-2H3,(H,24,27). The van der Waals surface area contributed by atoms with Gasteiger partial charge in [0, 0.05) is 23.7 Å². The number of nitro benzene ring substituents is 1. The van der Waals surface area contributed by atoms with Crippen LogP contribution < -0.4 is 5.32 Å². The smallest absolute Gasteiger partial charge is 0.289 e. The van der Waals surface area contributed by atoms with E-state index in [1.807, 2.05) is 47.7 Å². The summed E-state index contributed by atoms with van der Waals surface area (Å²) in [6.45, 7) is 2.54. The van der Waals surface area contributed by atoms with Gasteiger partial charge in [0.15, 0.2) is 0 Å². The first-order valence-corrected chi connectivity index (χ1v) is 10.6. The Morgan fingerprint density at radius 3 is 2.67 bits per heavy atom. The Morgan fingerprint density at radius 2 is 2.03 bits per heavy atom. The fourth-order valence-electron chi connectivity index (χ4n) is 3.11. The highest BCUT2D eigenvalue weighted by atomic mass is 35.5. The van der Waals surface area contributed by atoms with E-state index in [1.165, 1.54) is 12.1 Å². The summed E-state index contributed by atoms with van der Waals surface area (Å²) >= 11 is 7.47.